The standard InChI is InChI=1S/C20H19N3O/c24-20(10-7-15-4-3-11-21-12-15)19-9-8-17-13-22-18-6-2-1-5-16(18)14-23(17)19/h1-6,8-9,11-12,22H,7,10,13-14H2. The molecule has 0 amide bonds. The number of hydrogen-bond acceptors (Lipinski definition) is 3. The Morgan fingerprint density at radius 1 is 1.12 bits per heavy atom. The highest BCUT2D eigenvalue weighted by atomic mass is 16.1. The van der Waals surface area contributed by atoms with E-state index in [0.717, 1.165) is 42.1 Å². The molecule has 1 N–H and O–H groups in total. The summed E-state index contributed by atoms with van der Waals surface area (Å²) in [6, 6.07) is 16.2. The summed E-state index contributed by atoms with van der Waals surface area (Å²) in [5, 5.41) is 3.45. The van der Waals surface area contributed by atoms with Gasteiger partial charge in [-0.15, -0.1) is 0 Å². The number of carbonyl (C=O) groups is 1. The number of aryl methyl sites for hydroxylation is 1. The number of aromatic nitrogens is 2. The number of Topliss-reactive ketones (excluding diaryl/α,β-unsaturated/α-hetero) is 1. The number of pyridine rings is 1. The second kappa shape index (κ2) is 6.32. The molecule has 0 atom stereocenters. The summed E-state index contributed by atoms with van der Waals surface area (Å²) in [5.41, 5.74) is 5.41. The first kappa shape index (κ1) is 14.7. The molecule has 4 nitrogen and oxygen atoms in total. The van der Waals surface area contributed by atoms with Gasteiger partial charge in [-0.3, -0.25) is 9.78 Å². The first-order chi connectivity index (χ1) is 11.8. The molecule has 0 saturated heterocycles. The van der Waals surface area contributed by atoms with Crippen molar-refractivity contribution in [1.29, 1.82) is 0 Å². The Bertz CT molecular complexity index is 868. The van der Waals surface area contributed by atoms with Crippen molar-refractivity contribution in [2.24, 2.45) is 0 Å². The quantitative estimate of drug-likeness (QED) is 0.747. The van der Waals surface area contributed by atoms with E-state index in [1.165, 1.54) is 5.56 Å². The molecule has 0 saturated carbocycles. The lowest BCUT2D eigenvalue weighted by atomic mass is 10.1. The van der Waals surface area contributed by atoms with Gasteiger partial charge in [0.15, 0.2) is 5.78 Å². The molecule has 1 aromatic carbocycles. The minimum atomic E-state index is 0.185. The third-order valence-electron chi connectivity index (χ3n) is 4.53. The van der Waals surface area contributed by atoms with E-state index >= 15 is 0 Å². The van der Waals surface area contributed by atoms with Gasteiger partial charge < -0.3 is 9.88 Å². The van der Waals surface area contributed by atoms with Crippen molar-refractivity contribution < 1.29 is 4.79 Å². The first-order valence-corrected chi connectivity index (χ1v) is 8.23. The fourth-order valence-corrected chi connectivity index (χ4v) is 3.21. The molecule has 1 aliphatic heterocycles. The van der Waals surface area contributed by atoms with Gasteiger partial charge >= 0.3 is 0 Å². The number of nitrogens with one attached hydrogen (secondary N) is 1. The number of benzene rings is 1. The summed E-state index contributed by atoms with van der Waals surface area (Å²) in [4.78, 5) is 16.8. The monoisotopic (exact) mass is 317 g/mol. The van der Waals surface area contributed by atoms with Crippen LogP contribution < -0.4 is 5.32 Å². The molecular formula is C20H19N3O. The van der Waals surface area contributed by atoms with Crippen molar-refractivity contribution >= 4 is 11.5 Å². The second-order valence-electron chi connectivity index (χ2n) is 6.09. The normalized spacial score (nSPS) is 12.7. The summed E-state index contributed by atoms with van der Waals surface area (Å²) in [6.07, 6.45) is 4.81. The minimum Gasteiger partial charge on any atom is -0.379 e. The molecule has 1 aliphatic rings. The van der Waals surface area contributed by atoms with Gasteiger partial charge in [-0.2, -0.15) is 0 Å². The van der Waals surface area contributed by atoms with Crippen LogP contribution in [0.4, 0.5) is 5.69 Å². The molecule has 120 valence electrons. The smallest absolute Gasteiger partial charge is 0.179 e. The lowest BCUT2D eigenvalue weighted by Gasteiger charge is -2.10. The number of carbonyl (C=O) groups excluding carboxylic acids is 1. The van der Waals surface area contributed by atoms with Gasteiger partial charge in [0.05, 0.1) is 18.8 Å². The topological polar surface area (TPSA) is 46.9 Å². The lowest BCUT2D eigenvalue weighted by Crippen LogP contribution is -2.12. The highest BCUT2D eigenvalue weighted by Crippen LogP contribution is 2.24. The van der Waals surface area contributed by atoms with Gasteiger partial charge in [0.1, 0.15) is 0 Å². The molecule has 4 heteroatoms. The predicted molar refractivity (Wildman–Crippen MR) is 94.2 cm³/mol. The van der Waals surface area contributed by atoms with E-state index in [-0.39, 0.29) is 5.78 Å². The van der Waals surface area contributed by atoms with Crippen LogP contribution in [0, 0.1) is 0 Å². The van der Waals surface area contributed by atoms with Crippen molar-refractivity contribution in [1.82, 2.24) is 9.55 Å². The highest BCUT2D eigenvalue weighted by molar-refractivity contribution is 5.95. The van der Waals surface area contributed by atoms with Crippen molar-refractivity contribution in [3.63, 3.8) is 0 Å². The summed E-state index contributed by atoms with van der Waals surface area (Å²) in [7, 11) is 0. The van der Waals surface area contributed by atoms with E-state index in [0.29, 0.717) is 6.42 Å². The molecule has 3 heterocycles. The van der Waals surface area contributed by atoms with Crippen molar-refractivity contribution in [3.8, 4) is 0 Å². The molecule has 4 rings (SSSR count). The van der Waals surface area contributed by atoms with Crippen LogP contribution in [0.15, 0.2) is 60.9 Å². The average Bonchev–Trinajstić information content (AvgIpc) is 2.93. The Kier molecular flexibility index (Phi) is 3.87. The summed E-state index contributed by atoms with van der Waals surface area (Å²) >= 11 is 0. The number of anilines is 1. The third-order valence-corrected chi connectivity index (χ3v) is 4.53. The fraction of sp³-hybridized carbons (Fsp3) is 0.200. The zero-order chi connectivity index (χ0) is 16.4. The highest BCUT2D eigenvalue weighted by Gasteiger charge is 2.18. The van der Waals surface area contributed by atoms with E-state index < -0.39 is 0 Å². The van der Waals surface area contributed by atoms with Crippen LogP contribution in [0.2, 0.25) is 0 Å². The Hall–Kier alpha value is -2.88. The molecule has 0 bridgehead atoms. The summed E-state index contributed by atoms with van der Waals surface area (Å²) < 4.78 is 2.14. The zero-order valence-electron chi connectivity index (χ0n) is 13.4. The maximum Gasteiger partial charge on any atom is 0.179 e. The van der Waals surface area contributed by atoms with E-state index in [9.17, 15) is 4.79 Å². The Labute approximate surface area is 141 Å². The number of para-hydroxylation sites is 1. The molecular weight excluding hydrogens is 298 g/mol. The largest absolute Gasteiger partial charge is 0.379 e. The molecule has 0 spiro atoms. The third kappa shape index (κ3) is 2.83. The van der Waals surface area contributed by atoms with Crippen LogP contribution in [-0.2, 0) is 19.5 Å². The number of rotatable bonds is 4. The summed E-state index contributed by atoms with van der Waals surface area (Å²) in [5.74, 6) is 0.185. The number of fused-ring (bicyclic) bond motifs is 2. The van der Waals surface area contributed by atoms with Crippen molar-refractivity contribution in [2.75, 3.05) is 5.32 Å². The van der Waals surface area contributed by atoms with Crippen molar-refractivity contribution in [3.05, 3.63) is 83.4 Å². The van der Waals surface area contributed by atoms with Gasteiger partial charge in [0, 0.05) is 30.2 Å². The van der Waals surface area contributed by atoms with Gasteiger partial charge in [-0.05, 0) is 41.8 Å². The van der Waals surface area contributed by atoms with Gasteiger partial charge in [0.2, 0.25) is 0 Å². The van der Waals surface area contributed by atoms with Crippen LogP contribution in [-0.4, -0.2) is 15.3 Å². The van der Waals surface area contributed by atoms with Gasteiger partial charge in [-0.1, -0.05) is 24.3 Å². The Morgan fingerprint density at radius 2 is 2.04 bits per heavy atom. The van der Waals surface area contributed by atoms with Crippen LogP contribution >= 0.6 is 0 Å². The minimum absolute atomic E-state index is 0.185. The molecule has 0 unspecified atom stereocenters. The fourth-order valence-electron chi connectivity index (χ4n) is 3.21. The number of nitrogens with zero attached hydrogens (tertiary/aromatic N) is 2. The molecule has 0 radical (unpaired) electrons. The molecule has 3 aromatic rings. The lowest BCUT2D eigenvalue weighted by molar-refractivity contribution is 0.0974. The molecule has 2 aromatic heterocycles. The zero-order valence-corrected chi connectivity index (χ0v) is 13.4. The average molecular weight is 317 g/mol. The van der Waals surface area contributed by atoms with Crippen molar-refractivity contribution in [2.45, 2.75) is 25.9 Å². The van der Waals surface area contributed by atoms with Crippen LogP contribution in [0.25, 0.3) is 0 Å². The summed E-state index contributed by atoms with van der Waals surface area (Å²) in [6.45, 7) is 1.48. The number of hydrogen-bond donors (Lipinski definition) is 1. The van der Waals surface area contributed by atoms with Crippen LogP contribution in [0.5, 0.6) is 0 Å². The second-order valence-corrected chi connectivity index (χ2v) is 6.09. The maximum atomic E-state index is 12.7. The molecule has 0 fully saturated rings. The van der Waals surface area contributed by atoms with Gasteiger partial charge in [0.25, 0.3) is 0 Å². The van der Waals surface area contributed by atoms with E-state index in [1.54, 1.807) is 6.20 Å². The van der Waals surface area contributed by atoms with E-state index in [2.05, 4.69) is 33.1 Å². The Balaban J connectivity index is 1.56. The van der Waals surface area contributed by atoms with Crippen LogP contribution in [0.3, 0.4) is 0 Å². The van der Waals surface area contributed by atoms with Gasteiger partial charge in [-0.25, -0.2) is 0 Å². The maximum absolute atomic E-state index is 12.7. The number of ketones is 1. The predicted octanol–water partition coefficient (Wildman–Crippen LogP) is 3.67. The SMILES string of the molecule is O=C(CCc1cccnc1)c1ccc2n1Cc1ccccc1NC2. The first-order valence-electron chi connectivity index (χ1n) is 8.23. The van der Waals surface area contributed by atoms with Crippen LogP contribution in [0.1, 0.15) is 33.7 Å². The Morgan fingerprint density at radius 3 is 2.92 bits per heavy atom. The van der Waals surface area contributed by atoms with E-state index in [1.807, 2.05) is 36.5 Å². The molecule has 24 heavy (non-hydrogen) atoms. The van der Waals surface area contributed by atoms with E-state index in [4.69, 9.17) is 0 Å². The molecule has 0 aliphatic carbocycles.